The summed E-state index contributed by atoms with van der Waals surface area (Å²) in [6.45, 7) is 1.78. The minimum atomic E-state index is -1.21. The summed E-state index contributed by atoms with van der Waals surface area (Å²) in [7, 11) is 0. The fourth-order valence-electron chi connectivity index (χ4n) is 2.72. The van der Waals surface area contributed by atoms with E-state index < -0.39 is 30.2 Å². The number of aromatic nitrogens is 1. The molecule has 0 aliphatic carbocycles. The number of hydrogen-bond acceptors (Lipinski definition) is 6. The predicted molar refractivity (Wildman–Crippen MR) is 87.8 cm³/mol. The number of likely N-dealkylation sites (tertiary alicyclic amines) is 1. The summed E-state index contributed by atoms with van der Waals surface area (Å²) < 4.78 is 12.8. The van der Waals surface area contributed by atoms with E-state index >= 15 is 0 Å². The molecule has 0 saturated carbocycles. The van der Waals surface area contributed by atoms with E-state index in [0.29, 0.717) is 5.56 Å². The summed E-state index contributed by atoms with van der Waals surface area (Å²) in [5.74, 6) is 4.87. The van der Waals surface area contributed by atoms with Crippen molar-refractivity contribution in [1.82, 2.24) is 15.2 Å². The molecule has 0 aromatic carbocycles. The van der Waals surface area contributed by atoms with Gasteiger partial charge in [-0.05, 0) is 12.1 Å². The van der Waals surface area contributed by atoms with Crippen LogP contribution in [0.1, 0.15) is 18.9 Å². The second-order valence-electron chi connectivity index (χ2n) is 5.86. The first-order valence-corrected chi connectivity index (χ1v) is 8.07. The molecule has 4 atom stereocenters. The van der Waals surface area contributed by atoms with Crippen LogP contribution >= 0.6 is 0 Å². The van der Waals surface area contributed by atoms with Gasteiger partial charge in [0.05, 0.1) is 31.3 Å². The number of amides is 1. The molecular weight excluding hydrogens is 329 g/mol. The Labute approximate surface area is 145 Å². The first-order chi connectivity index (χ1) is 12.0. The lowest BCUT2D eigenvalue weighted by molar-refractivity contribution is -0.129. The van der Waals surface area contributed by atoms with Crippen molar-refractivity contribution in [1.29, 1.82) is 0 Å². The highest BCUT2D eigenvalue weighted by Crippen LogP contribution is 2.18. The van der Waals surface area contributed by atoms with Crippen LogP contribution in [0.15, 0.2) is 18.3 Å². The number of aliphatic hydroxyl groups is 3. The van der Waals surface area contributed by atoms with Gasteiger partial charge in [-0.1, -0.05) is 18.8 Å². The van der Waals surface area contributed by atoms with E-state index in [4.69, 9.17) is 0 Å². The molecule has 4 unspecified atom stereocenters. The molecule has 0 bridgehead atoms. The summed E-state index contributed by atoms with van der Waals surface area (Å²) >= 11 is 0. The number of carbonyl (C=O) groups is 1. The van der Waals surface area contributed by atoms with E-state index in [1.165, 1.54) is 18.3 Å². The van der Waals surface area contributed by atoms with Gasteiger partial charge in [0.25, 0.3) is 0 Å². The third-order valence-corrected chi connectivity index (χ3v) is 4.15. The highest BCUT2D eigenvalue weighted by atomic mass is 19.1. The maximum Gasteiger partial charge on any atom is 0.220 e. The third kappa shape index (κ3) is 4.96. The van der Waals surface area contributed by atoms with Gasteiger partial charge in [-0.2, -0.15) is 4.39 Å². The largest absolute Gasteiger partial charge is 0.395 e. The molecule has 1 aliphatic heterocycles. The van der Waals surface area contributed by atoms with Crippen molar-refractivity contribution >= 4 is 5.91 Å². The normalized spacial score (nSPS) is 26.6. The lowest BCUT2D eigenvalue weighted by atomic mass is 9.92. The lowest BCUT2D eigenvalue weighted by Crippen LogP contribution is -2.66. The van der Waals surface area contributed by atoms with Crippen LogP contribution < -0.4 is 5.32 Å². The van der Waals surface area contributed by atoms with E-state index in [2.05, 4.69) is 22.1 Å². The summed E-state index contributed by atoms with van der Waals surface area (Å²) in [6, 6.07) is 1.36. The standard InChI is InChI=1S/C17H22FN3O4/c1-2-15(23)20-12-9-21(13(10-22)17(25)16(12)24)7-3-4-11-5-6-14(18)19-8-11/h5-6,8,12-13,16-17,22,24-25H,2,7,9-10H2,1H3,(H,20,23). The number of nitrogens with zero attached hydrogens (tertiary/aromatic N) is 2. The Morgan fingerprint density at radius 2 is 2.20 bits per heavy atom. The molecule has 1 saturated heterocycles. The first kappa shape index (κ1) is 19.3. The van der Waals surface area contributed by atoms with Gasteiger partial charge in [-0.3, -0.25) is 9.69 Å². The van der Waals surface area contributed by atoms with Gasteiger partial charge in [0, 0.05) is 24.7 Å². The molecular formula is C17H22FN3O4. The molecule has 8 heteroatoms. The summed E-state index contributed by atoms with van der Waals surface area (Å²) in [5, 5.41) is 32.5. The van der Waals surface area contributed by atoms with Crippen LogP contribution in [0.4, 0.5) is 4.39 Å². The summed E-state index contributed by atoms with van der Waals surface area (Å²) in [4.78, 5) is 16.8. The zero-order chi connectivity index (χ0) is 18.4. The highest BCUT2D eigenvalue weighted by molar-refractivity contribution is 5.76. The van der Waals surface area contributed by atoms with Crippen LogP contribution in [0.5, 0.6) is 0 Å². The van der Waals surface area contributed by atoms with Gasteiger partial charge in [0.2, 0.25) is 11.9 Å². The van der Waals surface area contributed by atoms with Crippen molar-refractivity contribution in [2.75, 3.05) is 19.7 Å². The quantitative estimate of drug-likeness (QED) is 0.404. The number of nitrogens with one attached hydrogen (secondary N) is 1. The van der Waals surface area contributed by atoms with Gasteiger partial charge in [0.15, 0.2) is 0 Å². The minimum Gasteiger partial charge on any atom is -0.395 e. The predicted octanol–water partition coefficient (Wildman–Crippen LogP) is -1.13. The fraction of sp³-hybridized carbons (Fsp3) is 0.529. The van der Waals surface area contributed by atoms with Gasteiger partial charge in [0.1, 0.15) is 6.10 Å². The molecule has 7 nitrogen and oxygen atoms in total. The monoisotopic (exact) mass is 351 g/mol. The number of pyridine rings is 1. The topological polar surface area (TPSA) is 106 Å². The number of rotatable bonds is 4. The summed E-state index contributed by atoms with van der Waals surface area (Å²) in [6.07, 6.45) is -0.807. The molecule has 25 heavy (non-hydrogen) atoms. The van der Waals surface area contributed by atoms with Crippen molar-refractivity contribution in [2.24, 2.45) is 0 Å². The maximum absolute atomic E-state index is 12.8. The zero-order valence-corrected chi connectivity index (χ0v) is 13.9. The van der Waals surface area contributed by atoms with Crippen LogP contribution in [0.25, 0.3) is 0 Å². The second-order valence-corrected chi connectivity index (χ2v) is 5.86. The lowest BCUT2D eigenvalue weighted by Gasteiger charge is -2.44. The molecule has 0 spiro atoms. The molecule has 4 N–H and O–H groups in total. The van der Waals surface area contributed by atoms with E-state index in [0.717, 1.165) is 0 Å². The van der Waals surface area contributed by atoms with Crippen molar-refractivity contribution in [3.8, 4) is 11.8 Å². The number of carbonyl (C=O) groups excluding carboxylic acids is 1. The molecule has 2 rings (SSSR count). The molecule has 0 radical (unpaired) electrons. The zero-order valence-electron chi connectivity index (χ0n) is 13.9. The van der Waals surface area contributed by atoms with Crippen LogP contribution in [0.2, 0.25) is 0 Å². The van der Waals surface area contributed by atoms with Gasteiger partial charge >= 0.3 is 0 Å². The Morgan fingerprint density at radius 1 is 1.44 bits per heavy atom. The second kappa shape index (κ2) is 8.87. The Morgan fingerprint density at radius 3 is 2.80 bits per heavy atom. The van der Waals surface area contributed by atoms with E-state index in [1.54, 1.807) is 11.8 Å². The van der Waals surface area contributed by atoms with Gasteiger partial charge in [-0.15, -0.1) is 0 Å². The highest BCUT2D eigenvalue weighted by Gasteiger charge is 2.41. The van der Waals surface area contributed by atoms with E-state index in [9.17, 15) is 24.5 Å². The van der Waals surface area contributed by atoms with Crippen molar-refractivity contribution in [3.63, 3.8) is 0 Å². The molecule has 1 aromatic rings. The molecule has 1 aromatic heterocycles. The molecule has 1 amide bonds. The number of piperidine rings is 1. The average molecular weight is 351 g/mol. The average Bonchev–Trinajstić information content (AvgIpc) is 2.61. The van der Waals surface area contributed by atoms with Gasteiger partial charge < -0.3 is 20.6 Å². The van der Waals surface area contributed by atoms with Gasteiger partial charge in [-0.25, -0.2) is 4.98 Å². The minimum absolute atomic E-state index is 0.199. The molecule has 1 fully saturated rings. The first-order valence-electron chi connectivity index (χ1n) is 8.07. The van der Waals surface area contributed by atoms with Crippen LogP contribution in [0, 0.1) is 17.8 Å². The smallest absolute Gasteiger partial charge is 0.220 e. The van der Waals surface area contributed by atoms with Crippen molar-refractivity contribution < 1.29 is 24.5 Å². The third-order valence-electron chi connectivity index (χ3n) is 4.15. The molecule has 1 aliphatic rings. The maximum atomic E-state index is 12.8. The van der Waals surface area contributed by atoms with Crippen LogP contribution in [-0.2, 0) is 4.79 Å². The Kier molecular flexibility index (Phi) is 6.84. The molecule has 136 valence electrons. The number of hydrogen-bond donors (Lipinski definition) is 4. The summed E-state index contributed by atoms with van der Waals surface area (Å²) in [5.41, 5.74) is 0.537. The number of aliphatic hydroxyl groups excluding tert-OH is 3. The van der Waals surface area contributed by atoms with Crippen LogP contribution in [-0.4, -0.2) is 75.1 Å². The number of halogens is 1. The van der Waals surface area contributed by atoms with Crippen molar-refractivity contribution in [3.05, 3.63) is 29.8 Å². The van der Waals surface area contributed by atoms with Crippen LogP contribution in [0.3, 0.4) is 0 Å². The Bertz CT molecular complexity index is 644. The molecule has 2 heterocycles. The van der Waals surface area contributed by atoms with Crippen molar-refractivity contribution in [2.45, 2.75) is 37.6 Å². The SMILES string of the molecule is CCC(=O)NC1CN(CC#Cc2ccc(F)nc2)C(CO)C(O)C1O. The van der Waals surface area contributed by atoms with E-state index in [1.807, 2.05) is 0 Å². The Hall–Kier alpha value is -2.05. The fourth-order valence-corrected chi connectivity index (χ4v) is 2.72. The van der Waals surface area contributed by atoms with E-state index in [-0.39, 0.29) is 32.0 Å². The Balaban J connectivity index is 2.08.